The summed E-state index contributed by atoms with van der Waals surface area (Å²) in [5.41, 5.74) is 1.95. The van der Waals surface area contributed by atoms with Crippen molar-refractivity contribution in [1.82, 2.24) is 15.1 Å². The molecular formula is C20H20N4O3. The number of non-ortho nitro benzene ring substituents is 1. The van der Waals surface area contributed by atoms with E-state index < -0.39 is 4.92 Å². The second-order valence-electron chi connectivity index (χ2n) is 6.15. The van der Waals surface area contributed by atoms with Crippen LogP contribution in [-0.4, -0.2) is 27.2 Å². The van der Waals surface area contributed by atoms with Crippen molar-refractivity contribution in [2.75, 3.05) is 6.54 Å². The van der Waals surface area contributed by atoms with Gasteiger partial charge in [0, 0.05) is 30.8 Å². The monoisotopic (exact) mass is 364 g/mol. The molecule has 3 aromatic rings. The molecule has 1 unspecified atom stereocenters. The lowest BCUT2D eigenvalue weighted by Gasteiger charge is -2.15. The molecule has 1 aromatic heterocycles. The van der Waals surface area contributed by atoms with Gasteiger partial charge in [-0.1, -0.05) is 43.3 Å². The Kier molecular flexibility index (Phi) is 5.61. The van der Waals surface area contributed by atoms with Crippen molar-refractivity contribution in [3.8, 4) is 5.69 Å². The molecule has 1 amide bonds. The molecule has 7 nitrogen and oxygen atoms in total. The predicted molar refractivity (Wildman–Crippen MR) is 102 cm³/mol. The Morgan fingerprint density at radius 3 is 2.67 bits per heavy atom. The van der Waals surface area contributed by atoms with Crippen LogP contribution >= 0.6 is 0 Å². The molecule has 1 atom stereocenters. The van der Waals surface area contributed by atoms with Gasteiger partial charge in [0.15, 0.2) is 5.69 Å². The summed E-state index contributed by atoms with van der Waals surface area (Å²) in [7, 11) is 0. The number of nitro groups is 1. The van der Waals surface area contributed by atoms with E-state index in [4.69, 9.17) is 0 Å². The van der Waals surface area contributed by atoms with E-state index in [9.17, 15) is 14.9 Å². The van der Waals surface area contributed by atoms with E-state index in [0.29, 0.717) is 12.2 Å². The highest BCUT2D eigenvalue weighted by Crippen LogP contribution is 2.19. The van der Waals surface area contributed by atoms with Crippen LogP contribution in [0.4, 0.5) is 5.69 Å². The van der Waals surface area contributed by atoms with Crippen LogP contribution in [-0.2, 0) is 0 Å². The lowest BCUT2D eigenvalue weighted by Crippen LogP contribution is -2.28. The van der Waals surface area contributed by atoms with E-state index in [1.165, 1.54) is 22.4 Å². The zero-order chi connectivity index (χ0) is 19.2. The van der Waals surface area contributed by atoms with Crippen molar-refractivity contribution in [3.05, 3.63) is 88.2 Å². The molecule has 0 fully saturated rings. The number of amides is 1. The van der Waals surface area contributed by atoms with Gasteiger partial charge in [-0.3, -0.25) is 14.9 Å². The molecular weight excluding hydrogens is 344 g/mol. The smallest absolute Gasteiger partial charge is 0.271 e. The molecule has 138 valence electrons. The largest absolute Gasteiger partial charge is 0.350 e. The number of benzene rings is 2. The van der Waals surface area contributed by atoms with Crippen molar-refractivity contribution in [2.24, 2.45) is 0 Å². The van der Waals surface area contributed by atoms with Crippen molar-refractivity contribution in [1.29, 1.82) is 0 Å². The standard InChI is InChI=1S/C20H20N4O3/c1-2-15(16-7-4-3-5-8-16)14-21-20(25)19-11-12-23(22-19)17-9-6-10-18(13-17)24(26)27/h3-13,15H,2,14H2,1H3,(H,21,25). The van der Waals surface area contributed by atoms with Gasteiger partial charge in [0.05, 0.1) is 10.6 Å². The van der Waals surface area contributed by atoms with Gasteiger partial charge in [-0.25, -0.2) is 4.68 Å². The van der Waals surface area contributed by atoms with E-state index in [-0.39, 0.29) is 23.2 Å². The van der Waals surface area contributed by atoms with E-state index in [1.54, 1.807) is 24.4 Å². The minimum absolute atomic E-state index is 0.0253. The number of hydrogen-bond donors (Lipinski definition) is 1. The van der Waals surface area contributed by atoms with E-state index in [0.717, 1.165) is 6.42 Å². The molecule has 0 bridgehead atoms. The fraction of sp³-hybridized carbons (Fsp3) is 0.200. The van der Waals surface area contributed by atoms with Crippen molar-refractivity contribution >= 4 is 11.6 Å². The molecule has 0 saturated carbocycles. The average molecular weight is 364 g/mol. The minimum Gasteiger partial charge on any atom is -0.350 e. The van der Waals surface area contributed by atoms with Gasteiger partial charge in [0.2, 0.25) is 0 Å². The van der Waals surface area contributed by atoms with Crippen LogP contribution in [0.25, 0.3) is 5.69 Å². The molecule has 0 spiro atoms. The van der Waals surface area contributed by atoms with Crippen LogP contribution in [0.5, 0.6) is 0 Å². The quantitative estimate of drug-likeness (QED) is 0.511. The summed E-state index contributed by atoms with van der Waals surface area (Å²) in [6.45, 7) is 2.60. The molecule has 2 aromatic carbocycles. The Morgan fingerprint density at radius 2 is 1.96 bits per heavy atom. The van der Waals surface area contributed by atoms with Crippen LogP contribution < -0.4 is 5.32 Å². The number of nitrogens with zero attached hydrogens (tertiary/aromatic N) is 3. The fourth-order valence-electron chi connectivity index (χ4n) is 2.87. The van der Waals surface area contributed by atoms with E-state index in [1.807, 2.05) is 18.2 Å². The van der Waals surface area contributed by atoms with Crippen LogP contribution in [0.3, 0.4) is 0 Å². The number of carbonyl (C=O) groups is 1. The third-order valence-electron chi connectivity index (χ3n) is 4.40. The molecule has 0 aliphatic rings. The number of aromatic nitrogens is 2. The van der Waals surface area contributed by atoms with Crippen LogP contribution in [0.15, 0.2) is 66.9 Å². The van der Waals surface area contributed by atoms with Crippen molar-refractivity contribution in [3.63, 3.8) is 0 Å². The molecule has 0 aliphatic heterocycles. The number of nitrogens with one attached hydrogen (secondary N) is 1. The van der Waals surface area contributed by atoms with Gasteiger partial charge in [-0.15, -0.1) is 0 Å². The predicted octanol–water partition coefficient (Wildman–Crippen LogP) is 3.70. The summed E-state index contributed by atoms with van der Waals surface area (Å²) in [6.07, 6.45) is 2.52. The first kappa shape index (κ1) is 18.3. The lowest BCUT2D eigenvalue weighted by molar-refractivity contribution is -0.384. The topological polar surface area (TPSA) is 90.1 Å². The minimum atomic E-state index is -0.463. The maximum Gasteiger partial charge on any atom is 0.271 e. The van der Waals surface area contributed by atoms with Crippen LogP contribution in [0, 0.1) is 10.1 Å². The summed E-state index contributed by atoms with van der Waals surface area (Å²) in [5, 5.41) is 18.1. The Bertz CT molecular complexity index is 937. The summed E-state index contributed by atoms with van der Waals surface area (Å²) in [5.74, 6) is -0.0393. The van der Waals surface area contributed by atoms with Crippen molar-refractivity contribution in [2.45, 2.75) is 19.3 Å². The Labute approximate surface area is 156 Å². The first-order valence-electron chi connectivity index (χ1n) is 8.72. The SMILES string of the molecule is CCC(CNC(=O)c1ccn(-c2cccc([N+](=O)[O-])c2)n1)c1ccccc1. The lowest BCUT2D eigenvalue weighted by atomic mass is 9.96. The third kappa shape index (κ3) is 4.38. The molecule has 7 heteroatoms. The third-order valence-corrected chi connectivity index (χ3v) is 4.40. The highest BCUT2D eigenvalue weighted by atomic mass is 16.6. The molecule has 0 saturated heterocycles. The molecule has 0 radical (unpaired) electrons. The second-order valence-corrected chi connectivity index (χ2v) is 6.15. The molecule has 1 heterocycles. The highest BCUT2D eigenvalue weighted by Gasteiger charge is 2.15. The van der Waals surface area contributed by atoms with Crippen molar-refractivity contribution < 1.29 is 9.72 Å². The van der Waals surface area contributed by atoms with Crippen LogP contribution in [0.2, 0.25) is 0 Å². The van der Waals surface area contributed by atoms with Gasteiger partial charge in [-0.05, 0) is 24.1 Å². The number of hydrogen-bond acceptors (Lipinski definition) is 4. The molecule has 27 heavy (non-hydrogen) atoms. The van der Waals surface area contributed by atoms with Gasteiger partial charge in [0.1, 0.15) is 0 Å². The second kappa shape index (κ2) is 8.27. The average Bonchev–Trinajstić information content (AvgIpc) is 3.19. The summed E-state index contributed by atoms with van der Waals surface area (Å²) in [6, 6.07) is 17.7. The zero-order valence-corrected chi connectivity index (χ0v) is 14.9. The molecule has 1 N–H and O–H groups in total. The van der Waals surface area contributed by atoms with E-state index in [2.05, 4.69) is 29.5 Å². The molecule has 0 aliphatic carbocycles. The number of rotatable bonds is 7. The highest BCUT2D eigenvalue weighted by molar-refractivity contribution is 5.92. The number of nitro benzene ring substituents is 1. The normalized spacial score (nSPS) is 11.7. The maximum absolute atomic E-state index is 12.4. The first-order chi connectivity index (χ1) is 13.1. The van der Waals surface area contributed by atoms with Gasteiger partial charge >= 0.3 is 0 Å². The summed E-state index contributed by atoms with van der Waals surface area (Å²) in [4.78, 5) is 22.9. The maximum atomic E-state index is 12.4. The first-order valence-corrected chi connectivity index (χ1v) is 8.72. The van der Waals surface area contributed by atoms with Crippen LogP contribution in [0.1, 0.15) is 35.3 Å². The molecule has 3 rings (SSSR count). The Morgan fingerprint density at radius 1 is 1.19 bits per heavy atom. The zero-order valence-electron chi connectivity index (χ0n) is 14.9. The number of carbonyl (C=O) groups excluding carboxylic acids is 1. The van der Waals surface area contributed by atoms with Gasteiger partial charge in [0.25, 0.3) is 11.6 Å². The summed E-state index contributed by atoms with van der Waals surface area (Å²) < 4.78 is 1.45. The Balaban J connectivity index is 1.68. The van der Waals surface area contributed by atoms with E-state index >= 15 is 0 Å². The summed E-state index contributed by atoms with van der Waals surface area (Å²) >= 11 is 0. The fourth-order valence-corrected chi connectivity index (χ4v) is 2.87. The van der Waals surface area contributed by atoms with Gasteiger partial charge in [-0.2, -0.15) is 5.10 Å². The van der Waals surface area contributed by atoms with Gasteiger partial charge < -0.3 is 5.32 Å². The Hall–Kier alpha value is -3.48.